The van der Waals surface area contributed by atoms with Crippen LogP contribution in [0, 0.1) is 0 Å². The number of halogens is 1. The average Bonchev–Trinajstić information content (AvgIpc) is 2.40. The molecule has 2 aromatic carbocycles. The van der Waals surface area contributed by atoms with Crippen LogP contribution in [0.2, 0.25) is 0 Å². The Bertz CT molecular complexity index is 556. The van der Waals surface area contributed by atoms with E-state index in [4.69, 9.17) is 5.11 Å². The minimum Gasteiger partial charge on any atom is -0.392 e. The summed E-state index contributed by atoms with van der Waals surface area (Å²) in [5, 5.41) is 9.01. The SMILES string of the molecule is CC(=CCO)c1ccccc1-c1ccc(Br)cc1. The van der Waals surface area contributed by atoms with Gasteiger partial charge in [0, 0.05) is 4.47 Å². The molecule has 0 aliphatic heterocycles. The molecule has 0 atom stereocenters. The van der Waals surface area contributed by atoms with Gasteiger partial charge in [-0.25, -0.2) is 0 Å². The molecule has 2 rings (SSSR count). The lowest BCUT2D eigenvalue weighted by molar-refractivity contribution is 0.343. The van der Waals surface area contributed by atoms with Gasteiger partial charge in [-0.15, -0.1) is 0 Å². The van der Waals surface area contributed by atoms with E-state index in [0.29, 0.717) is 0 Å². The van der Waals surface area contributed by atoms with Crippen molar-refractivity contribution in [1.82, 2.24) is 0 Å². The molecule has 0 aliphatic rings. The van der Waals surface area contributed by atoms with Gasteiger partial charge in [-0.1, -0.05) is 58.4 Å². The molecule has 1 nitrogen and oxygen atoms in total. The number of rotatable bonds is 3. The lowest BCUT2D eigenvalue weighted by Gasteiger charge is -2.10. The summed E-state index contributed by atoms with van der Waals surface area (Å²) < 4.78 is 1.08. The Morgan fingerprint density at radius 2 is 1.78 bits per heavy atom. The lowest BCUT2D eigenvalue weighted by Crippen LogP contribution is -1.88. The van der Waals surface area contributed by atoms with Crippen LogP contribution in [0.5, 0.6) is 0 Å². The van der Waals surface area contributed by atoms with Crippen molar-refractivity contribution in [1.29, 1.82) is 0 Å². The molecule has 92 valence electrons. The first-order chi connectivity index (χ1) is 8.72. The third-order valence-corrected chi connectivity index (χ3v) is 3.43. The van der Waals surface area contributed by atoms with Crippen LogP contribution in [0.25, 0.3) is 16.7 Å². The van der Waals surface area contributed by atoms with Gasteiger partial charge in [0.1, 0.15) is 0 Å². The van der Waals surface area contributed by atoms with E-state index >= 15 is 0 Å². The van der Waals surface area contributed by atoms with E-state index in [2.05, 4.69) is 40.2 Å². The van der Waals surface area contributed by atoms with Crippen molar-refractivity contribution in [3.05, 3.63) is 64.6 Å². The van der Waals surface area contributed by atoms with Crippen molar-refractivity contribution in [3.8, 4) is 11.1 Å². The highest BCUT2D eigenvalue weighted by Gasteiger charge is 2.05. The van der Waals surface area contributed by atoms with Crippen molar-refractivity contribution in [2.45, 2.75) is 6.92 Å². The summed E-state index contributed by atoms with van der Waals surface area (Å²) in [4.78, 5) is 0. The summed E-state index contributed by atoms with van der Waals surface area (Å²) in [6, 6.07) is 16.5. The summed E-state index contributed by atoms with van der Waals surface area (Å²) in [5.41, 5.74) is 4.62. The van der Waals surface area contributed by atoms with Crippen LogP contribution in [0.4, 0.5) is 0 Å². The maximum Gasteiger partial charge on any atom is 0.0618 e. The van der Waals surface area contributed by atoms with Gasteiger partial charge in [0.2, 0.25) is 0 Å². The van der Waals surface area contributed by atoms with Crippen LogP contribution in [-0.4, -0.2) is 11.7 Å². The maximum absolute atomic E-state index is 9.01. The zero-order valence-electron chi connectivity index (χ0n) is 10.2. The van der Waals surface area contributed by atoms with E-state index in [1.54, 1.807) is 0 Å². The highest BCUT2D eigenvalue weighted by atomic mass is 79.9. The monoisotopic (exact) mass is 302 g/mol. The van der Waals surface area contributed by atoms with Gasteiger partial charge >= 0.3 is 0 Å². The van der Waals surface area contributed by atoms with E-state index in [9.17, 15) is 0 Å². The first-order valence-electron chi connectivity index (χ1n) is 5.85. The molecule has 0 radical (unpaired) electrons. The molecular weight excluding hydrogens is 288 g/mol. The third-order valence-electron chi connectivity index (χ3n) is 2.90. The highest BCUT2D eigenvalue weighted by Crippen LogP contribution is 2.29. The predicted octanol–water partition coefficient (Wildman–Crippen LogP) is 4.51. The Hall–Kier alpha value is -1.38. The van der Waals surface area contributed by atoms with Crippen LogP contribution < -0.4 is 0 Å². The van der Waals surface area contributed by atoms with Crippen molar-refractivity contribution in [3.63, 3.8) is 0 Å². The lowest BCUT2D eigenvalue weighted by atomic mass is 9.95. The predicted molar refractivity (Wildman–Crippen MR) is 80.3 cm³/mol. The molecule has 0 spiro atoms. The van der Waals surface area contributed by atoms with Gasteiger partial charge in [0.05, 0.1) is 6.61 Å². The normalized spacial score (nSPS) is 11.6. The van der Waals surface area contributed by atoms with Crippen LogP contribution >= 0.6 is 15.9 Å². The summed E-state index contributed by atoms with van der Waals surface area (Å²) >= 11 is 3.45. The molecular formula is C16H15BrO. The fourth-order valence-electron chi connectivity index (χ4n) is 1.96. The van der Waals surface area contributed by atoms with Crippen molar-refractivity contribution < 1.29 is 5.11 Å². The van der Waals surface area contributed by atoms with E-state index in [0.717, 1.165) is 15.6 Å². The quantitative estimate of drug-likeness (QED) is 0.884. The number of benzene rings is 2. The van der Waals surface area contributed by atoms with E-state index in [1.807, 2.05) is 37.3 Å². The summed E-state index contributed by atoms with van der Waals surface area (Å²) in [6.07, 6.45) is 1.83. The molecule has 0 saturated carbocycles. The molecule has 1 N–H and O–H groups in total. The molecule has 0 bridgehead atoms. The first-order valence-corrected chi connectivity index (χ1v) is 6.64. The minimum absolute atomic E-state index is 0.0699. The Balaban J connectivity index is 2.51. The van der Waals surface area contributed by atoms with Crippen molar-refractivity contribution in [2.24, 2.45) is 0 Å². The second-order valence-electron chi connectivity index (χ2n) is 4.12. The van der Waals surface area contributed by atoms with Gasteiger partial charge in [-0.3, -0.25) is 0 Å². The van der Waals surface area contributed by atoms with Crippen LogP contribution in [0.3, 0.4) is 0 Å². The van der Waals surface area contributed by atoms with Gasteiger partial charge in [-0.2, -0.15) is 0 Å². The molecule has 18 heavy (non-hydrogen) atoms. The second kappa shape index (κ2) is 5.98. The zero-order valence-corrected chi connectivity index (χ0v) is 11.8. The van der Waals surface area contributed by atoms with Crippen LogP contribution in [0.1, 0.15) is 12.5 Å². The van der Waals surface area contributed by atoms with Crippen LogP contribution in [0.15, 0.2) is 59.1 Å². The number of hydrogen-bond donors (Lipinski definition) is 1. The van der Waals surface area contributed by atoms with Crippen molar-refractivity contribution >= 4 is 21.5 Å². The molecule has 0 aliphatic carbocycles. The summed E-state index contributed by atoms with van der Waals surface area (Å²) in [7, 11) is 0. The number of hydrogen-bond acceptors (Lipinski definition) is 1. The van der Waals surface area contributed by atoms with Gasteiger partial charge in [0.25, 0.3) is 0 Å². The third kappa shape index (κ3) is 2.89. The second-order valence-corrected chi connectivity index (χ2v) is 5.04. The highest BCUT2D eigenvalue weighted by molar-refractivity contribution is 9.10. The largest absolute Gasteiger partial charge is 0.392 e. The van der Waals surface area contributed by atoms with Gasteiger partial charge in [0.15, 0.2) is 0 Å². The molecule has 0 unspecified atom stereocenters. The fraction of sp³-hybridized carbons (Fsp3) is 0.125. The number of aliphatic hydroxyl groups excluding tert-OH is 1. The zero-order chi connectivity index (χ0) is 13.0. The Morgan fingerprint density at radius 3 is 2.44 bits per heavy atom. The van der Waals surface area contributed by atoms with E-state index < -0.39 is 0 Å². The maximum atomic E-state index is 9.01. The van der Waals surface area contributed by atoms with Crippen molar-refractivity contribution in [2.75, 3.05) is 6.61 Å². The topological polar surface area (TPSA) is 20.2 Å². The Morgan fingerprint density at radius 1 is 1.11 bits per heavy atom. The van der Waals surface area contributed by atoms with Gasteiger partial charge in [-0.05, 0) is 41.3 Å². The first kappa shape index (κ1) is 13.1. The standard InChI is InChI=1S/C16H15BrO/c1-12(10-11-18)15-4-2-3-5-16(15)13-6-8-14(17)9-7-13/h2-10,18H,11H2,1H3. The smallest absolute Gasteiger partial charge is 0.0618 e. The molecule has 0 aromatic heterocycles. The summed E-state index contributed by atoms with van der Waals surface area (Å²) in [5.74, 6) is 0. The van der Waals surface area contributed by atoms with Crippen LogP contribution in [-0.2, 0) is 0 Å². The van der Waals surface area contributed by atoms with E-state index in [1.165, 1.54) is 11.1 Å². The number of allylic oxidation sites excluding steroid dienone is 1. The Kier molecular flexibility index (Phi) is 4.34. The van der Waals surface area contributed by atoms with E-state index in [-0.39, 0.29) is 6.61 Å². The molecule has 0 fully saturated rings. The minimum atomic E-state index is 0.0699. The summed E-state index contributed by atoms with van der Waals surface area (Å²) in [6.45, 7) is 2.09. The number of aliphatic hydroxyl groups is 1. The molecule has 2 aromatic rings. The molecule has 0 saturated heterocycles. The molecule has 0 amide bonds. The average molecular weight is 303 g/mol. The Labute approximate surface area is 116 Å². The van der Waals surface area contributed by atoms with Gasteiger partial charge < -0.3 is 5.11 Å². The fourth-order valence-corrected chi connectivity index (χ4v) is 2.22. The molecule has 0 heterocycles. The molecule has 2 heteroatoms.